The lowest BCUT2D eigenvalue weighted by molar-refractivity contribution is -0.146. The zero-order valence-electron chi connectivity index (χ0n) is 8.48. The zero-order chi connectivity index (χ0) is 12.5. The molecule has 0 aromatic carbocycles. The summed E-state index contributed by atoms with van der Waals surface area (Å²) in [5.41, 5.74) is 5.50. The Labute approximate surface area is 93.2 Å². The second-order valence-corrected chi connectivity index (χ2v) is 3.21. The Hall–Kier alpha value is -1.90. The molecule has 0 aliphatic carbocycles. The van der Waals surface area contributed by atoms with Crippen molar-refractivity contribution in [1.82, 2.24) is 19.7 Å². The molecule has 0 aliphatic heterocycles. The molecule has 0 radical (unpaired) electrons. The van der Waals surface area contributed by atoms with Crippen LogP contribution in [-0.4, -0.2) is 26.2 Å². The highest BCUT2D eigenvalue weighted by atomic mass is 19.4. The number of aromatic nitrogens is 4. The fourth-order valence-corrected chi connectivity index (χ4v) is 1.18. The Kier molecular flexibility index (Phi) is 2.84. The van der Waals surface area contributed by atoms with E-state index in [9.17, 15) is 13.2 Å². The zero-order valence-corrected chi connectivity index (χ0v) is 8.48. The summed E-state index contributed by atoms with van der Waals surface area (Å²) >= 11 is 0. The lowest BCUT2D eigenvalue weighted by Gasteiger charge is -1.96. The average Bonchev–Trinajstić information content (AvgIpc) is 2.82. The van der Waals surface area contributed by atoms with Crippen molar-refractivity contribution in [2.24, 2.45) is 5.73 Å². The molecule has 0 aliphatic rings. The van der Waals surface area contributed by atoms with Crippen LogP contribution in [0.5, 0.6) is 0 Å². The molecule has 2 N–H and O–H groups in total. The molecular formula is C8H8F3N5O. The van der Waals surface area contributed by atoms with E-state index in [1.807, 2.05) is 0 Å². The molecule has 0 bridgehead atoms. The maximum absolute atomic E-state index is 12.2. The largest absolute Gasteiger partial charge is 0.455 e. The van der Waals surface area contributed by atoms with Crippen LogP contribution in [-0.2, 0) is 12.7 Å². The van der Waals surface area contributed by atoms with Crippen molar-refractivity contribution in [3.8, 4) is 11.6 Å². The molecule has 0 spiro atoms. The first-order valence-corrected chi connectivity index (χ1v) is 4.64. The minimum atomic E-state index is -4.62. The SMILES string of the molecule is NCCn1cnc(-c2nc(C(F)(F)F)no2)c1. The number of imidazole rings is 1. The van der Waals surface area contributed by atoms with Gasteiger partial charge in [-0.25, -0.2) is 4.98 Å². The Morgan fingerprint density at radius 2 is 2.18 bits per heavy atom. The highest BCUT2D eigenvalue weighted by Gasteiger charge is 2.37. The van der Waals surface area contributed by atoms with Gasteiger partial charge in [-0.15, -0.1) is 0 Å². The molecule has 0 unspecified atom stereocenters. The summed E-state index contributed by atoms with van der Waals surface area (Å²) in [5, 5.41) is 2.83. The predicted octanol–water partition coefficient (Wildman–Crippen LogP) is 0.911. The topological polar surface area (TPSA) is 82.8 Å². The highest BCUT2D eigenvalue weighted by molar-refractivity contribution is 5.44. The third-order valence-electron chi connectivity index (χ3n) is 1.92. The van der Waals surface area contributed by atoms with E-state index in [0.29, 0.717) is 13.1 Å². The van der Waals surface area contributed by atoms with Gasteiger partial charge in [0.2, 0.25) is 0 Å². The predicted molar refractivity (Wildman–Crippen MR) is 49.6 cm³/mol. The van der Waals surface area contributed by atoms with E-state index in [2.05, 4.69) is 19.6 Å². The monoisotopic (exact) mass is 247 g/mol. The van der Waals surface area contributed by atoms with E-state index in [0.717, 1.165) is 0 Å². The third kappa shape index (κ3) is 2.44. The first kappa shape index (κ1) is 11.6. The van der Waals surface area contributed by atoms with Gasteiger partial charge in [0.1, 0.15) is 5.69 Å². The number of nitrogens with two attached hydrogens (primary N) is 1. The van der Waals surface area contributed by atoms with E-state index in [1.54, 1.807) is 4.57 Å². The summed E-state index contributed by atoms with van der Waals surface area (Å²) in [4.78, 5) is 7.06. The van der Waals surface area contributed by atoms with Crippen molar-refractivity contribution < 1.29 is 17.7 Å². The number of rotatable bonds is 3. The molecular weight excluding hydrogens is 239 g/mol. The maximum Gasteiger partial charge on any atom is 0.455 e. The van der Waals surface area contributed by atoms with Crippen LogP contribution in [0.15, 0.2) is 17.0 Å². The van der Waals surface area contributed by atoms with Crippen LogP contribution in [0.25, 0.3) is 11.6 Å². The second-order valence-electron chi connectivity index (χ2n) is 3.21. The molecule has 92 valence electrons. The van der Waals surface area contributed by atoms with E-state index in [-0.39, 0.29) is 11.6 Å². The summed E-state index contributed by atoms with van der Waals surface area (Å²) in [6.07, 6.45) is -1.71. The Balaban J connectivity index is 2.24. The number of alkyl halides is 3. The number of hydrogen-bond acceptors (Lipinski definition) is 5. The van der Waals surface area contributed by atoms with Crippen LogP contribution < -0.4 is 5.73 Å². The van der Waals surface area contributed by atoms with Crippen LogP contribution in [0.2, 0.25) is 0 Å². The van der Waals surface area contributed by atoms with Gasteiger partial charge >= 0.3 is 6.18 Å². The highest BCUT2D eigenvalue weighted by Crippen LogP contribution is 2.28. The van der Waals surface area contributed by atoms with Gasteiger partial charge in [-0.3, -0.25) is 0 Å². The van der Waals surface area contributed by atoms with Crippen molar-refractivity contribution in [2.45, 2.75) is 12.7 Å². The maximum atomic E-state index is 12.2. The molecule has 0 saturated heterocycles. The van der Waals surface area contributed by atoms with Crippen LogP contribution in [0.3, 0.4) is 0 Å². The lowest BCUT2D eigenvalue weighted by atomic mass is 10.5. The molecule has 0 amide bonds. The van der Waals surface area contributed by atoms with Crippen molar-refractivity contribution in [1.29, 1.82) is 0 Å². The van der Waals surface area contributed by atoms with Gasteiger partial charge in [0.05, 0.1) is 6.33 Å². The van der Waals surface area contributed by atoms with E-state index in [4.69, 9.17) is 5.73 Å². The minimum Gasteiger partial charge on any atom is -0.335 e. The lowest BCUT2D eigenvalue weighted by Crippen LogP contribution is -2.07. The van der Waals surface area contributed by atoms with Crippen LogP contribution >= 0.6 is 0 Å². The summed E-state index contributed by atoms with van der Waals surface area (Å²) in [7, 11) is 0. The molecule has 2 rings (SSSR count). The van der Waals surface area contributed by atoms with Crippen LogP contribution in [0, 0.1) is 0 Å². The fraction of sp³-hybridized carbons (Fsp3) is 0.375. The van der Waals surface area contributed by atoms with E-state index < -0.39 is 12.0 Å². The first-order valence-electron chi connectivity index (χ1n) is 4.64. The number of nitrogens with zero attached hydrogens (tertiary/aromatic N) is 4. The van der Waals surface area contributed by atoms with E-state index in [1.165, 1.54) is 12.5 Å². The van der Waals surface area contributed by atoms with Crippen LogP contribution in [0.4, 0.5) is 13.2 Å². The molecule has 0 saturated carbocycles. The summed E-state index contributed by atoms with van der Waals surface area (Å²) in [6, 6.07) is 0. The van der Waals surface area contributed by atoms with Crippen molar-refractivity contribution >= 4 is 0 Å². The van der Waals surface area contributed by atoms with Gasteiger partial charge in [-0.05, 0) is 0 Å². The third-order valence-corrected chi connectivity index (χ3v) is 1.92. The van der Waals surface area contributed by atoms with Crippen molar-refractivity contribution in [3.63, 3.8) is 0 Å². The minimum absolute atomic E-state index is 0.182. The van der Waals surface area contributed by atoms with Crippen molar-refractivity contribution in [3.05, 3.63) is 18.3 Å². The standard InChI is InChI=1S/C8H8F3N5O/c9-8(10,11)7-14-6(17-15-7)5-3-16(2-1-12)4-13-5/h3-4H,1-2,12H2. The summed E-state index contributed by atoms with van der Waals surface area (Å²) in [5.74, 6) is -1.59. The quantitative estimate of drug-likeness (QED) is 0.871. The number of hydrogen-bond donors (Lipinski definition) is 1. The smallest absolute Gasteiger partial charge is 0.335 e. The van der Waals surface area contributed by atoms with Gasteiger partial charge in [0.25, 0.3) is 11.7 Å². The summed E-state index contributed by atoms with van der Waals surface area (Å²) in [6.45, 7) is 0.903. The molecule has 0 atom stereocenters. The Bertz CT molecular complexity index is 503. The molecule has 2 heterocycles. The van der Waals surface area contributed by atoms with Gasteiger partial charge < -0.3 is 14.8 Å². The fourth-order valence-electron chi connectivity index (χ4n) is 1.18. The molecule has 2 aromatic rings. The average molecular weight is 247 g/mol. The van der Waals surface area contributed by atoms with Gasteiger partial charge in [0, 0.05) is 19.3 Å². The normalized spacial score (nSPS) is 12.0. The van der Waals surface area contributed by atoms with E-state index >= 15 is 0 Å². The van der Waals surface area contributed by atoms with Crippen molar-refractivity contribution in [2.75, 3.05) is 6.54 Å². The molecule has 2 aromatic heterocycles. The molecule has 0 fully saturated rings. The summed E-state index contributed by atoms with van der Waals surface area (Å²) < 4.78 is 42.7. The van der Waals surface area contributed by atoms with Gasteiger partial charge in [-0.1, -0.05) is 5.16 Å². The van der Waals surface area contributed by atoms with Crippen LogP contribution in [0.1, 0.15) is 5.82 Å². The molecule has 9 heteroatoms. The molecule has 6 nitrogen and oxygen atoms in total. The number of halogens is 3. The Morgan fingerprint density at radius 3 is 2.76 bits per heavy atom. The second kappa shape index (κ2) is 4.17. The first-order chi connectivity index (χ1) is 8.00. The molecule has 17 heavy (non-hydrogen) atoms. The van der Waals surface area contributed by atoms with Gasteiger partial charge in [0.15, 0.2) is 0 Å². The Morgan fingerprint density at radius 1 is 1.41 bits per heavy atom. The van der Waals surface area contributed by atoms with Gasteiger partial charge in [-0.2, -0.15) is 18.2 Å².